The molecular weight excluding hydrogens is 378 g/mol. The Balaban J connectivity index is 2.28. The number of hydrogen-bond acceptors (Lipinski definition) is 5. The van der Waals surface area contributed by atoms with E-state index in [1.165, 1.54) is 32.1 Å². The highest BCUT2D eigenvalue weighted by atomic mass is 16.7. The van der Waals surface area contributed by atoms with Crippen LogP contribution in [0.4, 0.5) is 0 Å². The van der Waals surface area contributed by atoms with E-state index in [-0.39, 0.29) is 17.2 Å². The Morgan fingerprint density at radius 3 is 2.07 bits per heavy atom. The lowest BCUT2D eigenvalue weighted by Crippen LogP contribution is -2.62. The zero-order valence-electron chi connectivity index (χ0n) is 20.9. The molecule has 178 valence electrons. The monoisotopic (exact) mass is 427 g/mol. The second-order valence-corrected chi connectivity index (χ2v) is 10.1. The molecule has 0 aromatic heterocycles. The van der Waals surface area contributed by atoms with Crippen LogP contribution in [0.2, 0.25) is 0 Å². The maximum Gasteiger partial charge on any atom is 0.111 e. The molecule has 0 aromatic carbocycles. The van der Waals surface area contributed by atoms with Gasteiger partial charge in [0.25, 0.3) is 0 Å². The SMILES string of the molecule is CCCCCCCCON1C(C)(C)CC(OCCOCCOC=C(C)C)CC1(C)C. The average Bonchev–Trinajstić information content (AvgIpc) is 2.63. The summed E-state index contributed by atoms with van der Waals surface area (Å²) in [5.74, 6) is 0. The standard InChI is InChI=1S/C25H49NO4/c1-8-9-10-11-12-13-14-30-26-24(4,5)19-23(20-25(26,6)7)29-18-17-27-15-16-28-21-22(2)3/h21,23H,8-20H2,1-7H3. The number of hydrogen-bond donors (Lipinski definition) is 0. The number of piperidine rings is 1. The van der Waals surface area contributed by atoms with Crippen molar-refractivity contribution in [2.45, 2.75) is 117 Å². The van der Waals surface area contributed by atoms with E-state index in [9.17, 15) is 0 Å². The Bertz CT molecular complexity index is 454. The molecule has 0 aromatic rings. The molecule has 1 heterocycles. The first-order chi connectivity index (χ1) is 14.2. The smallest absolute Gasteiger partial charge is 0.111 e. The molecule has 0 bridgehead atoms. The van der Waals surface area contributed by atoms with Crippen LogP contribution in [0.1, 0.15) is 99.8 Å². The Kier molecular flexibility index (Phi) is 13.2. The van der Waals surface area contributed by atoms with Crippen LogP contribution in [0.3, 0.4) is 0 Å². The van der Waals surface area contributed by atoms with E-state index in [2.05, 4.69) is 39.7 Å². The minimum atomic E-state index is -0.0479. The number of rotatable bonds is 16. The van der Waals surface area contributed by atoms with Crippen LogP contribution in [0, 0.1) is 0 Å². The van der Waals surface area contributed by atoms with Crippen molar-refractivity contribution in [3.63, 3.8) is 0 Å². The van der Waals surface area contributed by atoms with Gasteiger partial charge in [-0.05, 0) is 66.4 Å². The van der Waals surface area contributed by atoms with Crippen LogP contribution in [0.5, 0.6) is 0 Å². The highest BCUT2D eigenvalue weighted by Crippen LogP contribution is 2.39. The predicted octanol–water partition coefficient (Wildman–Crippen LogP) is 6.27. The Labute approximate surface area is 186 Å². The number of hydroxylamine groups is 2. The summed E-state index contributed by atoms with van der Waals surface area (Å²) in [6, 6.07) is 0. The van der Waals surface area contributed by atoms with Crippen LogP contribution < -0.4 is 0 Å². The molecule has 0 saturated carbocycles. The summed E-state index contributed by atoms with van der Waals surface area (Å²) in [6.45, 7) is 18.6. The molecule has 1 aliphatic heterocycles. The van der Waals surface area contributed by atoms with Crippen molar-refractivity contribution in [2.24, 2.45) is 0 Å². The van der Waals surface area contributed by atoms with Gasteiger partial charge in [0.15, 0.2) is 0 Å². The molecule has 1 rings (SSSR count). The van der Waals surface area contributed by atoms with Crippen LogP contribution >= 0.6 is 0 Å². The van der Waals surface area contributed by atoms with Gasteiger partial charge >= 0.3 is 0 Å². The van der Waals surface area contributed by atoms with E-state index >= 15 is 0 Å². The molecule has 30 heavy (non-hydrogen) atoms. The van der Waals surface area contributed by atoms with Crippen molar-refractivity contribution in [1.29, 1.82) is 0 Å². The number of unbranched alkanes of at least 4 members (excludes halogenated alkanes) is 5. The van der Waals surface area contributed by atoms with Crippen molar-refractivity contribution in [3.05, 3.63) is 11.8 Å². The number of ether oxygens (including phenoxy) is 3. The topological polar surface area (TPSA) is 40.2 Å². The summed E-state index contributed by atoms with van der Waals surface area (Å²) < 4.78 is 17.2. The zero-order chi connectivity index (χ0) is 22.5. The van der Waals surface area contributed by atoms with Crippen LogP contribution in [0.25, 0.3) is 0 Å². The maximum absolute atomic E-state index is 6.30. The molecule has 1 fully saturated rings. The molecule has 0 unspecified atom stereocenters. The van der Waals surface area contributed by atoms with E-state index in [1.807, 2.05) is 13.8 Å². The van der Waals surface area contributed by atoms with Gasteiger partial charge in [-0.3, -0.25) is 4.84 Å². The van der Waals surface area contributed by atoms with Gasteiger partial charge in [-0.15, -0.1) is 0 Å². The normalized spacial score (nSPS) is 19.0. The van der Waals surface area contributed by atoms with Crippen LogP contribution in [-0.2, 0) is 19.0 Å². The first-order valence-corrected chi connectivity index (χ1v) is 12.1. The third-order valence-corrected chi connectivity index (χ3v) is 5.52. The van der Waals surface area contributed by atoms with E-state index in [0.29, 0.717) is 26.4 Å². The second-order valence-electron chi connectivity index (χ2n) is 10.1. The van der Waals surface area contributed by atoms with Gasteiger partial charge in [-0.25, -0.2) is 0 Å². The first-order valence-electron chi connectivity index (χ1n) is 12.1. The Morgan fingerprint density at radius 2 is 1.43 bits per heavy atom. The summed E-state index contributed by atoms with van der Waals surface area (Å²) in [6.07, 6.45) is 11.7. The van der Waals surface area contributed by atoms with Crippen LogP contribution in [-0.4, -0.2) is 55.3 Å². The molecule has 1 saturated heterocycles. The van der Waals surface area contributed by atoms with Gasteiger partial charge in [0.2, 0.25) is 0 Å². The number of allylic oxidation sites excluding steroid dienone is 1. The Hall–Kier alpha value is -0.620. The minimum Gasteiger partial charge on any atom is -0.499 e. The predicted molar refractivity (Wildman–Crippen MR) is 125 cm³/mol. The van der Waals surface area contributed by atoms with Crippen molar-refractivity contribution in [1.82, 2.24) is 5.06 Å². The molecule has 0 amide bonds. The second kappa shape index (κ2) is 14.4. The van der Waals surface area contributed by atoms with Gasteiger partial charge in [0, 0.05) is 11.1 Å². The minimum absolute atomic E-state index is 0.0479. The molecule has 5 nitrogen and oxygen atoms in total. The summed E-state index contributed by atoms with van der Waals surface area (Å²) in [5.41, 5.74) is 1.06. The fourth-order valence-electron chi connectivity index (χ4n) is 4.39. The lowest BCUT2D eigenvalue weighted by molar-refractivity contribution is -0.295. The third kappa shape index (κ3) is 11.1. The lowest BCUT2D eigenvalue weighted by Gasteiger charge is -2.53. The van der Waals surface area contributed by atoms with Crippen molar-refractivity contribution >= 4 is 0 Å². The van der Waals surface area contributed by atoms with Gasteiger partial charge < -0.3 is 14.2 Å². The first kappa shape index (κ1) is 27.4. The highest BCUT2D eigenvalue weighted by Gasteiger charge is 2.46. The largest absolute Gasteiger partial charge is 0.499 e. The van der Waals surface area contributed by atoms with Crippen molar-refractivity contribution < 1.29 is 19.0 Å². The van der Waals surface area contributed by atoms with E-state index in [1.54, 1.807) is 6.26 Å². The molecule has 0 aliphatic carbocycles. The van der Waals surface area contributed by atoms with Crippen molar-refractivity contribution in [2.75, 3.05) is 33.0 Å². The van der Waals surface area contributed by atoms with Crippen molar-refractivity contribution in [3.8, 4) is 0 Å². The molecular formula is C25H49NO4. The molecule has 1 aliphatic rings. The fraction of sp³-hybridized carbons (Fsp3) is 0.920. The zero-order valence-corrected chi connectivity index (χ0v) is 20.9. The summed E-state index contributed by atoms with van der Waals surface area (Å²) in [5, 5.41) is 2.24. The Morgan fingerprint density at radius 1 is 0.833 bits per heavy atom. The highest BCUT2D eigenvalue weighted by molar-refractivity contribution is 4.97. The molecule has 5 heteroatoms. The molecule has 0 spiro atoms. The molecule has 0 radical (unpaired) electrons. The quantitative estimate of drug-likeness (QED) is 0.214. The van der Waals surface area contributed by atoms with Gasteiger partial charge in [0.05, 0.1) is 38.8 Å². The maximum atomic E-state index is 6.30. The van der Waals surface area contributed by atoms with E-state index in [4.69, 9.17) is 19.0 Å². The summed E-state index contributed by atoms with van der Waals surface area (Å²) >= 11 is 0. The van der Waals surface area contributed by atoms with Gasteiger partial charge in [-0.2, -0.15) is 5.06 Å². The van der Waals surface area contributed by atoms with E-state index in [0.717, 1.165) is 31.4 Å². The molecule has 0 atom stereocenters. The number of nitrogens with zero attached hydrogens (tertiary/aromatic N) is 1. The lowest BCUT2D eigenvalue weighted by atomic mass is 9.80. The summed E-state index contributed by atoms with van der Waals surface area (Å²) in [7, 11) is 0. The van der Waals surface area contributed by atoms with E-state index < -0.39 is 0 Å². The fourth-order valence-corrected chi connectivity index (χ4v) is 4.39. The van der Waals surface area contributed by atoms with Gasteiger partial charge in [0.1, 0.15) is 6.61 Å². The average molecular weight is 428 g/mol. The molecule has 0 N–H and O–H groups in total. The van der Waals surface area contributed by atoms with Crippen LogP contribution in [0.15, 0.2) is 11.8 Å². The summed E-state index contributed by atoms with van der Waals surface area (Å²) in [4.78, 5) is 6.30. The third-order valence-electron chi connectivity index (χ3n) is 5.52. The van der Waals surface area contributed by atoms with Gasteiger partial charge in [-0.1, -0.05) is 39.0 Å².